The fraction of sp³-hybridized carbons (Fsp3) is 0.576. The number of allylic oxidation sites excluding steroid dienone is 1. The summed E-state index contributed by atoms with van der Waals surface area (Å²) >= 11 is 10.6. The van der Waals surface area contributed by atoms with E-state index in [0.717, 1.165) is 54.3 Å². The van der Waals surface area contributed by atoms with E-state index in [0.29, 0.717) is 35.9 Å². The molecule has 3 unspecified atom stereocenters. The number of Topliss-reactive ketones (excluding diaryl/α,β-unsaturated/α-hetero) is 1. The molecule has 40 heavy (non-hydrogen) atoms. The molecule has 0 N–H and O–H groups in total. The van der Waals surface area contributed by atoms with Crippen molar-refractivity contribution in [2.24, 2.45) is 17.8 Å². The largest absolute Gasteiger partial charge is 0.306 e. The standard InChI is InChI=1S/C33H43Br2NO2S2/c1-5-9-11-13-22(8-4)20-36-32(26-15-17-28(35)40-26)30-24(37)19-23(18-21(7-3)12-10-6-2)29(31(30)33(36)38)25-14-16-27(34)39-25/h14-17,21-23H,5-13,18-20H2,1-4H3. The Morgan fingerprint density at radius 2 is 1.45 bits per heavy atom. The first-order chi connectivity index (χ1) is 19.3. The first kappa shape index (κ1) is 31.9. The lowest BCUT2D eigenvalue weighted by atomic mass is 9.74. The van der Waals surface area contributed by atoms with Gasteiger partial charge in [0, 0.05) is 17.8 Å². The van der Waals surface area contributed by atoms with Gasteiger partial charge in [-0.1, -0.05) is 79.1 Å². The van der Waals surface area contributed by atoms with E-state index < -0.39 is 0 Å². The summed E-state index contributed by atoms with van der Waals surface area (Å²) < 4.78 is 2.07. The third-order valence-electron chi connectivity index (χ3n) is 8.64. The summed E-state index contributed by atoms with van der Waals surface area (Å²) in [5.74, 6) is 1.22. The number of hydrogen-bond acceptors (Lipinski definition) is 4. The molecule has 1 amide bonds. The molecule has 0 aromatic carbocycles. The fourth-order valence-corrected chi connectivity index (χ4v) is 9.32. The molecule has 0 saturated heterocycles. The first-order valence-corrected chi connectivity index (χ1v) is 18.4. The lowest BCUT2D eigenvalue weighted by Crippen LogP contribution is -2.31. The third kappa shape index (κ3) is 7.12. The van der Waals surface area contributed by atoms with E-state index in [9.17, 15) is 9.59 Å². The predicted molar refractivity (Wildman–Crippen MR) is 179 cm³/mol. The lowest BCUT2D eigenvalue weighted by molar-refractivity contribution is -0.124. The van der Waals surface area contributed by atoms with Crippen molar-refractivity contribution < 1.29 is 9.59 Å². The molecule has 218 valence electrons. The van der Waals surface area contributed by atoms with Crippen molar-refractivity contribution in [2.45, 2.75) is 98.3 Å². The van der Waals surface area contributed by atoms with Gasteiger partial charge in [0.2, 0.25) is 0 Å². The van der Waals surface area contributed by atoms with Crippen LogP contribution in [0, 0.1) is 17.8 Å². The van der Waals surface area contributed by atoms with Crippen LogP contribution >= 0.6 is 54.5 Å². The van der Waals surface area contributed by atoms with Crippen LogP contribution in [0.5, 0.6) is 0 Å². The summed E-state index contributed by atoms with van der Waals surface area (Å²) in [7, 11) is 0. The molecule has 0 bridgehead atoms. The van der Waals surface area contributed by atoms with E-state index in [4.69, 9.17) is 0 Å². The second kappa shape index (κ2) is 14.9. The van der Waals surface area contributed by atoms with Crippen molar-refractivity contribution in [3.63, 3.8) is 0 Å². The van der Waals surface area contributed by atoms with Gasteiger partial charge in [-0.15, -0.1) is 22.7 Å². The Labute approximate surface area is 265 Å². The molecule has 1 aliphatic heterocycles. The minimum atomic E-state index is 0.0302. The van der Waals surface area contributed by atoms with Crippen molar-refractivity contribution >= 4 is 77.5 Å². The maximum atomic E-state index is 14.6. The van der Waals surface area contributed by atoms with Gasteiger partial charge in [0.05, 0.1) is 29.3 Å². The molecule has 4 rings (SSSR count). The summed E-state index contributed by atoms with van der Waals surface area (Å²) in [5, 5.41) is 0. The van der Waals surface area contributed by atoms with Crippen LogP contribution in [0.15, 0.2) is 43.0 Å². The molecule has 0 radical (unpaired) electrons. The number of nitrogens with zero attached hydrogens (tertiary/aromatic N) is 1. The van der Waals surface area contributed by atoms with Crippen LogP contribution in [0.1, 0.15) is 108 Å². The number of amides is 1. The van der Waals surface area contributed by atoms with Crippen molar-refractivity contribution in [2.75, 3.05) is 6.54 Å². The van der Waals surface area contributed by atoms with E-state index in [1.165, 1.54) is 38.5 Å². The zero-order valence-electron chi connectivity index (χ0n) is 24.4. The average molecular weight is 710 g/mol. The highest BCUT2D eigenvalue weighted by Crippen LogP contribution is 2.51. The normalized spacial score (nSPS) is 19.1. The smallest absolute Gasteiger partial charge is 0.259 e. The van der Waals surface area contributed by atoms with Crippen LogP contribution < -0.4 is 0 Å². The fourth-order valence-electron chi connectivity index (χ4n) is 6.36. The Kier molecular flexibility index (Phi) is 11.9. The van der Waals surface area contributed by atoms with Gasteiger partial charge in [-0.3, -0.25) is 9.59 Å². The quantitative estimate of drug-likeness (QED) is 0.173. The van der Waals surface area contributed by atoms with Gasteiger partial charge < -0.3 is 4.90 Å². The third-order valence-corrected chi connectivity index (χ3v) is 11.9. The first-order valence-electron chi connectivity index (χ1n) is 15.2. The molecule has 3 atom stereocenters. The van der Waals surface area contributed by atoms with Gasteiger partial charge in [-0.25, -0.2) is 0 Å². The average Bonchev–Trinajstić information content (AvgIpc) is 3.64. The number of hydrogen-bond donors (Lipinski definition) is 0. The van der Waals surface area contributed by atoms with Crippen molar-refractivity contribution in [1.29, 1.82) is 0 Å². The van der Waals surface area contributed by atoms with E-state index >= 15 is 0 Å². The number of fused-ring (bicyclic) bond motifs is 1. The Balaban J connectivity index is 1.85. The van der Waals surface area contributed by atoms with Gasteiger partial charge in [0.25, 0.3) is 5.91 Å². The second-order valence-electron chi connectivity index (χ2n) is 11.4. The van der Waals surface area contributed by atoms with Crippen LogP contribution in [0.2, 0.25) is 0 Å². The highest BCUT2D eigenvalue weighted by molar-refractivity contribution is 9.11. The second-order valence-corrected chi connectivity index (χ2v) is 16.3. The SMILES string of the molecule is CCCCCC(CC)CN1C(=O)C2=C(c3ccc(Br)s3)C(CC(CC)CCCC)CC(=O)C2=C1c1ccc(Br)s1. The number of carbonyl (C=O) groups excluding carboxylic acids is 2. The Morgan fingerprint density at radius 1 is 0.825 bits per heavy atom. The molecular weight excluding hydrogens is 666 g/mol. The molecule has 2 aliphatic rings. The van der Waals surface area contributed by atoms with E-state index in [-0.39, 0.29) is 17.6 Å². The van der Waals surface area contributed by atoms with E-state index in [1.54, 1.807) is 22.7 Å². The summed E-state index contributed by atoms with van der Waals surface area (Å²) in [6.07, 6.45) is 11.9. The van der Waals surface area contributed by atoms with E-state index in [2.05, 4.69) is 77.8 Å². The molecule has 0 spiro atoms. The number of thiophene rings is 2. The summed E-state index contributed by atoms with van der Waals surface area (Å²) in [6.45, 7) is 9.65. The molecular formula is C33H43Br2NO2S2. The van der Waals surface area contributed by atoms with Gasteiger partial charge >= 0.3 is 0 Å². The van der Waals surface area contributed by atoms with Crippen LogP contribution in [-0.2, 0) is 9.59 Å². The zero-order valence-corrected chi connectivity index (χ0v) is 29.2. The maximum Gasteiger partial charge on any atom is 0.259 e. The molecule has 2 aromatic heterocycles. The molecule has 3 heterocycles. The number of carbonyl (C=O) groups is 2. The zero-order chi connectivity index (χ0) is 28.8. The number of unbranched alkanes of at least 4 members (excludes halogenated alkanes) is 3. The Bertz CT molecular complexity index is 1260. The van der Waals surface area contributed by atoms with Crippen LogP contribution in [0.3, 0.4) is 0 Å². The highest BCUT2D eigenvalue weighted by Gasteiger charge is 2.46. The Morgan fingerprint density at radius 3 is 2.02 bits per heavy atom. The van der Waals surface area contributed by atoms with Crippen LogP contribution in [0.25, 0.3) is 11.3 Å². The van der Waals surface area contributed by atoms with Gasteiger partial charge in [-0.05, 0) is 92.3 Å². The number of ketones is 1. The maximum absolute atomic E-state index is 14.6. The van der Waals surface area contributed by atoms with Crippen LogP contribution in [-0.4, -0.2) is 23.1 Å². The Hall–Kier alpha value is -1.02. The highest BCUT2D eigenvalue weighted by atomic mass is 79.9. The number of rotatable bonds is 15. The molecule has 3 nitrogen and oxygen atoms in total. The van der Waals surface area contributed by atoms with Gasteiger partial charge in [-0.2, -0.15) is 0 Å². The summed E-state index contributed by atoms with van der Waals surface area (Å²) in [4.78, 5) is 32.8. The van der Waals surface area contributed by atoms with Gasteiger partial charge in [0.15, 0.2) is 5.78 Å². The van der Waals surface area contributed by atoms with E-state index in [1.807, 2.05) is 11.0 Å². The minimum absolute atomic E-state index is 0.0302. The summed E-state index contributed by atoms with van der Waals surface area (Å²) in [6, 6.07) is 8.32. The summed E-state index contributed by atoms with van der Waals surface area (Å²) in [5.41, 5.74) is 3.31. The molecule has 1 aliphatic carbocycles. The number of halogens is 2. The topological polar surface area (TPSA) is 37.4 Å². The van der Waals surface area contributed by atoms with Crippen molar-refractivity contribution in [3.05, 3.63) is 52.7 Å². The molecule has 0 saturated carbocycles. The monoisotopic (exact) mass is 707 g/mol. The molecule has 0 fully saturated rings. The van der Waals surface area contributed by atoms with Gasteiger partial charge in [0.1, 0.15) is 0 Å². The molecule has 2 aromatic rings. The van der Waals surface area contributed by atoms with Crippen molar-refractivity contribution in [3.8, 4) is 0 Å². The predicted octanol–water partition coefficient (Wildman–Crippen LogP) is 11.1. The molecule has 7 heteroatoms. The van der Waals surface area contributed by atoms with Crippen molar-refractivity contribution in [1.82, 2.24) is 4.90 Å². The lowest BCUT2D eigenvalue weighted by Gasteiger charge is -2.29. The van der Waals surface area contributed by atoms with Crippen LogP contribution in [0.4, 0.5) is 0 Å². The minimum Gasteiger partial charge on any atom is -0.306 e.